The molecule has 17 heavy (non-hydrogen) atoms. The monoisotopic (exact) mass is 233 g/mol. The van der Waals surface area contributed by atoms with E-state index in [9.17, 15) is 4.79 Å². The molecule has 5 heteroatoms. The number of H-pyrrole nitrogens is 1. The van der Waals surface area contributed by atoms with E-state index in [0.717, 1.165) is 5.69 Å². The zero-order valence-corrected chi connectivity index (χ0v) is 9.47. The lowest BCUT2D eigenvalue weighted by molar-refractivity contribution is 0.454. The van der Waals surface area contributed by atoms with Crippen molar-refractivity contribution in [2.75, 3.05) is 11.5 Å². The van der Waals surface area contributed by atoms with E-state index in [2.05, 4.69) is 4.98 Å². The molecule has 0 amide bonds. The van der Waals surface area contributed by atoms with E-state index in [4.69, 9.17) is 16.6 Å². The number of anilines is 2. The van der Waals surface area contributed by atoms with Crippen molar-refractivity contribution in [1.29, 1.82) is 0 Å². The quantitative estimate of drug-likeness (QED) is 0.514. The summed E-state index contributed by atoms with van der Waals surface area (Å²) in [5.41, 5.74) is 12.0. The first-order valence-corrected chi connectivity index (χ1v) is 4.99. The number of aromatic amines is 1. The SMILES string of the molecule is Cc1cc(=O)[nH]c(O)c1N.Nc1ccccc1. The standard InChI is InChI=1S/C6H8N2O2.C6H7N/c1-3-2-4(9)8-6(10)5(3)7;7-6-4-2-1-3-5-6/h2H,7H2,1H3,(H2,8,9,10);1-5H,7H2. The third kappa shape index (κ3) is 3.90. The van der Waals surface area contributed by atoms with E-state index in [1.165, 1.54) is 6.07 Å². The molecular weight excluding hydrogens is 218 g/mol. The average molecular weight is 233 g/mol. The molecule has 0 unspecified atom stereocenters. The second-order valence-corrected chi connectivity index (χ2v) is 3.49. The summed E-state index contributed by atoms with van der Waals surface area (Å²) in [5, 5.41) is 8.90. The van der Waals surface area contributed by atoms with Gasteiger partial charge in [0.25, 0.3) is 5.56 Å². The lowest BCUT2D eigenvalue weighted by Gasteiger charge is -1.99. The van der Waals surface area contributed by atoms with Gasteiger partial charge in [0.05, 0.1) is 5.69 Å². The van der Waals surface area contributed by atoms with Gasteiger partial charge in [0, 0.05) is 11.8 Å². The van der Waals surface area contributed by atoms with Crippen LogP contribution in [0.15, 0.2) is 41.2 Å². The second-order valence-electron chi connectivity index (χ2n) is 3.49. The summed E-state index contributed by atoms with van der Waals surface area (Å²) in [6.45, 7) is 1.66. The predicted molar refractivity (Wildman–Crippen MR) is 68.7 cm³/mol. The number of pyridine rings is 1. The lowest BCUT2D eigenvalue weighted by atomic mass is 10.2. The third-order valence-electron chi connectivity index (χ3n) is 2.07. The van der Waals surface area contributed by atoms with Crippen LogP contribution in [-0.4, -0.2) is 10.1 Å². The molecule has 0 saturated carbocycles. The number of nitrogen functional groups attached to an aromatic ring is 2. The first-order valence-electron chi connectivity index (χ1n) is 4.99. The Hall–Kier alpha value is -2.43. The zero-order valence-electron chi connectivity index (χ0n) is 9.47. The van der Waals surface area contributed by atoms with Crippen LogP contribution >= 0.6 is 0 Å². The topological polar surface area (TPSA) is 105 Å². The predicted octanol–water partition coefficient (Wildman–Crippen LogP) is 1.24. The summed E-state index contributed by atoms with van der Waals surface area (Å²) in [6, 6.07) is 10.8. The minimum absolute atomic E-state index is 0.222. The summed E-state index contributed by atoms with van der Waals surface area (Å²) in [7, 11) is 0. The Morgan fingerprint density at radius 1 is 1.18 bits per heavy atom. The molecule has 1 heterocycles. The minimum Gasteiger partial charge on any atom is -0.493 e. The maximum absolute atomic E-state index is 10.6. The minimum atomic E-state index is -0.343. The fourth-order valence-electron chi connectivity index (χ4n) is 1.13. The van der Waals surface area contributed by atoms with Gasteiger partial charge < -0.3 is 16.6 Å². The molecule has 0 aliphatic carbocycles. The number of nitrogens with two attached hydrogens (primary N) is 2. The van der Waals surface area contributed by atoms with Gasteiger partial charge in [-0.05, 0) is 24.6 Å². The van der Waals surface area contributed by atoms with E-state index in [1.54, 1.807) is 6.92 Å². The smallest absolute Gasteiger partial charge is 0.251 e. The van der Waals surface area contributed by atoms with Gasteiger partial charge >= 0.3 is 0 Å². The van der Waals surface area contributed by atoms with Gasteiger partial charge in [0.2, 0.25) is 5.88 Å². The summed E-state index contributed by atoms with van der Waals surface area (Å²) in [4.78, 5) is 12.7. The van der Waals surface area contributed by atoms with Gasteiger partial charge in [0.1, 0.15) is 0 Å². The van der Waals surface area contributed by atoms with Gasteiger partial charge in [-0.2, -0.15) is 0 Å². The molecule has 0 bridgehead atoms. The molecular formula is C12H15N3O2. The molecule has 2 rings (SSSR count). The molecule has 2 aromatic rings. The highest BCUT2D eigenvalue weighted by atomic mass is 16.3. The Morgan fingerprint density at radius 2 is 1.76 bits per heavy atom. The number of benzene rings is 1. The number of aromatic hydroxyl groups is 1. The number of hydrogen-bond acceptors (Lipinski definition) is 4. The Kier molecular flexibility index (Phi) is 4.16. The van der Waals surface area contributed by atoms with Crippen molar-refractivity contribution in [3.63, 3.8) is 0 Å². The average Bonchev–Trinajstić information content (AvgIpc) is 2.27. The summed E-state index contributed by atoms with van der Waals surface area (Å²) < 4.78 is 0. The maximum Gasteiger partial charge on any atom is 0.251 e. The van der Waals surface area contributed by atoms with Crippen LogP contribution in [-0.2, 0) is 0 Å². The summed E-state index contributed by atoms with van der Waals surface area (Å²) in [6.07, 6.45) is 0. The molecule has 1 aromatic carbocycles. The molecule has 0 fully saturated rings. The van der Waals surface area contributed by atoms with Crippen LogP contribution in [0.3, 0.4) is 0 Å². The van der Waals surface area contributed by atoms with Gasteiger partial charge in [0.15, 0.2) is 0 Å². The fraction of sp³-hybridized carbons (Fsp3) is 0.0833. The van der Waals surface area contributed by atoms with Crippen molar-refractivity contribution in [1.82, 2.24) is 4.98 Å². The van der Waals surface area contributed by atoms with Gasteiger partial charge in [-0.15, -0.1) is 0 Å². The fourth-order valence-corrected chi connectivity index (χ4v) is 1.13. The van der Waals surface area contributed by atoms with Crippen LogP contribution in [0.5, 0.6) is 5.88 Å². The first kappa shape index (κ1) is 12.6. The molecule has 0 spiro atoms. The normalized spacial score (nSPS) is 9.24. The van der Waals surface area contributed by atoms with Gasteiger partial charge in [-0.1, -0.05) is 18.2 Å². The summed E-state index contributed by atoms with van der Waals surface area (Å²) in [5.74, 6) is -0.259. The highest BCUT2D eigenvalue weighted by Crippen LogP contribution is 2.16. The summed E-state index contributed by atoms with van der Waals surface area (Å²) >= 11 is 0. The molecule has 0 saturated heterocycles. The molecule has 0 aliphatic rings. The van der Waals surface area contributed by atoms with E-state index < -0.39 is 0 Å². The van der Waals surface area contributed by atoms with E-state index >= 15 is 0 Å². The first-order chi connectivity index (χ1) is 8.00. The van der Waals surface area contributed by atoms with Crippen molar-refractivity contribution in [2.24, 2.45) is 0 Å². The third-order valence-corrected chi connectivity index (χ3v) is 2.07. The van der Waals surface area contributed by atoms with Crippen LogP contribution in [0.2, 0.25) is 0 Å². The van der Waals surface area contributed by atoms with Gasteiger partial charge in [-0.3, -0.25) is 9.78 Å². The van der Waals surface area contributed by atoms with E-state index in [1.807, 2.05) is 30.3 Å². The Bertz CT molecular complexity index is 509. The van der Waals surface area contributed by atoms with Crippen molar-refractivity contribution in [2.45, 2.75) is 6.92 Å². The van der Waals surface area contributed by atoms with E-state index in [-0.39, 0.29) is 17.1 Å². The number of rotatable bonds is 0. The van der Waals surface area contributed by atoms with Crippen LogP contribution in [0, 0.1) is 6.92 Å². The number of aromatic nitrogens is 1. The van der Waals surface area contributed by atoms with Crippen molar-refractivity contribution < 1.29 is 5.11 Å². The molecule has 1 aromatic heterocycles. The van der Waals surface area contributed by atoms with Crippen LogP contribution in [0.4, 0.5) is 11.4 Å². The molecule has 0 aliphatic heterocycles. The van der Waals surface area contributed by atoms with Gasteiger partial charge in [-0.25, -0.2) is 0 Å². The zero-order chi connectivity index (χ0) is 12.8. The number of hydrogen-bond donors (Lipinski definition) is 4. The maximum atomic E-state index is 10.6. The van der Waals surface area contributed by atoms with Crippen LogP contribution in [0.25, 0.3) is 0 Å². The van der Waals surface area contributed by atoms with E-state index in [0.29, 0.717) is 5.56 Å². The molecule has 6 N–H and O–H groups in total. The highest BCUT2D eigenvalue weighted by Gasteiger charge is 1.99. The Morgan fingerprint density at radius 3 is 2.18 bits per heavy atom. The van der Waals surface area contributed by atoms with Crippen molar-refractivity contribution in [3.05, 3.63) is 52.3 Å². The molecule has 0 atom stereocenters. The second kappa shape index (κ2) is 5.60. The van der Waals surface area contributed by atoms with Crippen LogP contribution in [0.1, 0.15) is 5.56 Å². The van der Waals surface area contributed by atoms with Crippen LogP contribution < -0.4 is 17.0 Å². The molecule has 0 radical (unpaired) electrons. The lowest BCUT2D eigenvalue weighted by Crippen LogP contribution is -2.06. The Balaban J connectivity index is 0.000000181. The highest BCUT2D eigenvalue weighted by molar-refractivity contribution is 5.52. The van der Waals surface area contributed by atoms with Crippen molar-refractivity contribution in [3.8, 4) is 5.88 Å². The largest absolute Gasteiger partial charge is 0.493 e. The molecule has 5 nitrogen and oxygen atoms in total. The molecule has 90 valence electrons. The number of aryl methyl sites for hydroxylation is 1. The number of nitrogens with one attached hydrogen (secondary N) is 1. The Labute approximate surface area is 98.7 Å². The van der Waals surface area contributed by atoms with Crippen molar-refractivity contribution >= 4 is 11.4 Å². The number of para-hydroxylation sites is 1.